The van der Waals surface area contributed by atoms with Crippen LogP contribution >= 0.6 is 0 Å². The lowest BCUT2D eigenvalue weighted by Crippen LogP contribution is -2.24. The highest BCUT2D eigenvalue weighted by Gasteiger charge is 2.25. The van der Waals surface area contributed by atoms with Crippen molar-refractivity contribution in [2.24, 2.45) is 5.10 Å². The molecular formula is C20H20N6O4S. The summed E-state index contributed by atoms with van der Waals surface area (Å²) in [6.07, 6.45) is 4.38. The smallest absolute Gasteiger partial charge is 0.258 e. The number of nitriles is 1. The van der Waals surface area contributed by atoms with E-state index < -0.39 is 14.9 Å². The average Bonchev–Trinajstić information content (AvgIpc) is 3.16. The van der Waals surface area contributed by atoms with Gasteiger partial charge in [0, 0.05) is 30.9 Å². The van der Waals surface area contributed by atoms with Crippen LogP contribution in [0, 0.1) is 28.4 Å². The first-order chi connectivity index (χ1) is 14.7. The summed E-state index contributed by atoms with van der Waals surface area (Å²) in [5.74, 6) is 0. The standard InChI is InChI=1S/C20H20N6O4S/c1-4-5-18(17-13-22-25-9-8-15(12-21)10-19(17)25)23-24(3)31(29,30)20-11-16(26(27)28)7-6-14(20)2/h6-11,13H,4-5H2,1-3H3/b23-18+. The second kappa shape index (κ2) is 8.53. The Balaban J connectivity index is 2.10. The van der Waals surface area contributed by atoms with E-state index in [-0.39, 0.29) is 10.6 Å². The van der Waals surface area contributed by atoms with E-state index >= 15 is 0 Å². The SMILES string of the molecule is CCC/C(=N\N(C)S(=O)(=O)c1cc([N+](=O)[O-])ccc1C)c1cnn2ccc(C#N)cc12. The van der Waals surface area contributed by atoms with Gasteiger partial charge in [0.2, 0.25) is 0 Å². The van der Waals surface area contributed by atoms with Gasteiger partial charge in [-0.3, -0.25) is 10.1 Å². The maximum atomic E-state index is 13.1. The number of hydrogen-bond donors (Lipinski definition) is 0. The summed E-state index contributed by atoms with van der Waals surface area (Å²) in [5, 5.41) is 28.9. The van der Waals surface area contributed by atoms with Gasteiger partial charge in [-0.25, -0.2) is 4.52 Å². The maximum absolute atomic E-state index is 13.1. The number of nitro groups is 1. The van der Waals surface area contributed by atoms with Crippen LogP contribution in [0.1, 0.15) is 36.5 Å². The third kappa shape index (κ3) is 4.24. The molecule has 0 atom stereocenters. The second-order valence-corrected chi connectivity index (χ2v) is 8.78. The first kappa shape index (κ1) is 21.9. The van der Waals surface area contributed by atoms with Crippen LogP contribution in [0.2, 0.25) is 0 Å². The molecule has 0 fully saturated rings. The van der Waals surface area contributed by atoms with E-state index in [1.54, 1.807) is 36.0 Å². The molecule has 0 N–H and O–H groups in total. The van der Waals surface area contributed by atoms with Crippen molar-refractivity contribution in [3.05, 3.63) is 69.5 Å². The second-order valence-electron chi connectivity index (χ2n) is 6.86. The Bertz CT molecular complexity index is 1340. The molecule has 0 radical (unpaired) electrons. The van der Waals surface area contributed by atoms with Crippen molar-refractivity contribution in [2.75, 3.05) is 7.05 Å². The van der Waals surface area contributed by atoms with Crippen molar-refractivity contribution in [1.29, 1.82) is 5.26 Å². The number of non-ortho nitro benzene ring substituents is 1. The zero-order chi connectivity index (χ0) is 22.8. The number of hydrazone groups is 1. The van der Waals surface area contributed by atoms with Crippen LogP contribution in [0.25, 0.3) is 5.52 Å². The third-order valence-electron chi connectivity index (χ3n) is 4.72. The lowest BCUT2D eigenvalue weighted by atomic mass is 10.1. The molecule has 0 bridgehead atoms. The van der Waals surface area contributed by atoms with Crippen LogP contribution in [0.5, 0.6) is 0 Å². The van der Waals surface area contributed by atoms with Gasteiger partial charge in [-0.2, -0.15) is 28.3 Å². The number of hydrogen-bond acceptors (Lipinski definition) is 7. The van der Waals surface area contributed by atoms with Crippen LogP contribution in [0.4, 0.5) is 5.69 Å². The van der Waals surface area contributed by atoms with Gasteiger partial charge < -0.3 is 0 Å². The van der Waals surface area contributed by atoms with Crippen molar-refractivity contribution in [3.63, 3.8) is 0 Å². The molecule has 0 amide bonds. The predicted molar refractivity (Wildman–Crippen MR) is 114 cm³/mol. The summed E-state index contributed by atoms with van der Waals surface area (Å²) in [6.45, 7) is 3.50. The normalized spacial score (nSPS) is 12.0. The maximum Gasteiger partial charge on any atom is 0.279 e. The minimum absolute atomic E-state index is 0.185. The Labute approximate surface area is 179 Å². The number of nitro benzene ring substituents is 1. The Morgan fingerprint density at radius 3 is 2.74 bits per heavy atom. The van der Waals surface area contributed by atoms with Gasteiger partial charge >= 0.3 is 0 Å². The van der Waals surface area contributed by atoms with E-state index in [9.17, 15) is 23.8 Å². The summed E-state index contributed by atoms with van der Waals surface area (Å²) in [6, 6.07) is 9.04. The number of benzene rings is 1. The van der Waals surface area contributed by atoms with Gasteiger partial charge in [-0.1, -0.05) is 19.4 Å². The monoisotopic (exact) mass is 440 g/mol. The topological polar surface area (TPSA) is 134 Å². The van der Waals surface area contributed by atoms with Crippen molar-refractivity contribution in [3.8, 4) is 6.07 Å². The molecule has 11 heteroatoms. The van der Waals surface area contributed by atoms with Gasteiger partial charge in [0.1, 0.15) is 0 Å². The van der Waals surface area contributed by atoms with Crippen LogP contribution in [0.3, 0.4) is 0 Å². The number of rotatable bonds is 7. The molecule has 3 rings (SSSR count). The minimum atomic E-state index is -4.13. The number of sulfonamides is 1. The number of aryl methyl sites for hydroxylation is 1. The van der Waals surface area contributed by atoms with E-state index in [2.05, 4.69) is 16.3 Å². The molecule has 0 saturated heterocycles. The summed E-state index contributed by atoms with van der Waals surface area (Å²) < 4.78 is 28.7. The van der Waals surface area contributed by atoms with E-state index in [1.165, 1.54) is 19.2 Å². The van der Waals surface area contributed by atoms with Gasteiger partial charge in [-0.15, -0.1) is 0 Å². The van der Waals surface area contributed by atoms with Crippen LogP contribution in [-0.2, 0) is 10.0 Å². The van der Waals surface area contributed by atoms with Crippen LogP contribution in [0.15, 0.2) is 52.7 Å². The van der Waals surface area contributed by atoms with Crippen LogP contribution in [-0.4, -0.2) is 40.1 Å². The van der Waals surface area contributed by atoms with Crippen molar-refractivity contribution in [2.45, 2.75) is 31.6 Å². The lowest BCUT2D eigenvalue weighted by Gasteiger charge is -2.17. The van der Waals surface area contributed by atoms with Gasteiger partial charge in [-0.05, 0) is 31.0 Å². The Morgan fingerprint density at radius 2 is 2.10 bits per heavy atom. The fourth-order valence-corrected chi connectivity index (χ4v) is 4.33. The van der Waals surface area contributed by atoms with E-state index in [1.807, 2.05) is 6.92 Å². The van der Waals surface area contributed by atoms with Gasteiger partial charge in [0.05, 0.1) is 38.9 Å². The summed E-state index contributed by atoms with van der Waals surface area (Å²) in [4.78, 5) is 10.3. The Morgan fingerprint density at radius 1 is 1.35 bits per heavy atom. The first-order valence-corrected chi connectivity index (χ1v) is 10.8. The number of aromatic nitrogens is 2. The molecule has 0 saturated carbocycles. The first-order valence-electron chi connectivity index (χ1n) is 9.38. The molecule has 3 aromatic rings. The Kier molecular flexibility index (Phi) is 6.03. The fourth-order valence-electron chi connectivity index (χ4n) is 3.09. The minimum Gasteiger partial charge on any atom is -0.258 e. The average molecular weight is 440 g/mol. The highest BCUT2D eigenvalue weighted by Crippen LogP contribution is 2.25. The largest absolute Gasteiger partial charge is 0.279 e. The predicted octanol–water partition coefficient (Wildman–Crippen LogP) is 3.25. The molecule has 2 aromatic heterocycles. The van der Waals surface area contributed by atoms with Gasteiger partial charge in [0.25, 0.3) is 15.7 Å². The highest BCUT2D eigenvalue weighted by atomic mass is 32.2. The molecule has 1 aromatic carbocycles. The lowest BCUT2D eigenvalue weighted by molar-refractivity contribution is -0.385. The molecule has 10 nitrogen and oxygen atoms in total. The molecule has 2 heterocycles. The molecule has 31 heavy (non-hydrogen) atoms. The number of pyridine rings is 1. The number of fused-ring (bicyclic) bond motifs is 1. The van der Waals surface area contributed by atoms with E-state index in [0.717, 1.165) is 10.5 Å². The fraction of sp³-hybridized carbons (Fsp3) is 0.250. The Hall–Kier alpha value is -3.78. The zero-order valence-corrected chi connectivity index (χ0v) is 18.0. The number of nitrogens with zero attached hydrogens (tertiary/aromatic N) is 6. The van der Waals surface area contributed by atoms with Crippen molar-refractivity contribution in [1.82, 2.24) is 14.0 Å². The van der Waals surface area contributed by atoms with Gasteiger partial charge in [0.15, 0.2) is 0 Å². The molecule has 0 spiro atoms. The molecular weight excluding hydrogens is 420 g/mol. The molecule has 0 unspecified atom stereocenters. The summed E-state index contributed by atoms with van der Waals surface area (Å²) in [7, 11) is -2.85. The van der Waals surface area contributed by atoms with E-state index in [0.29, 0.717) is 40.8 Å². The summed E-state index contributed by atoms with van der Waals surface area (Å²) >= 11 is 0. The molecule has 0 aliphatic rings. The van der Waals surface area contributed by atoms with Crippen molar-refractivity contribution < 1.29 is 13.3 Å². The van der Waals surface area contributed by atoms with Crippen molar-refractivity contribution >= 4 is 26.9 Å². The highest BCUT2D eigenvalue weighted by molar-refractivity contribution is 7.89. The molecule has 0 aliphatic carbocycles. The quantitative estimate of drug-likeness (QED) is 0.314. The van der Waals surface area contributed by atoms with Crippen LogP contribution < -0.4 is 0 Å². The molecule has 160 valence electrons. The molecule has 0 aliphatic heterocycles. The summed E-state index contributed by atoms with van der Waals surface area (Å²) in [5.41, 5.74) is 2.21. The van der Waals surface area contributed by atoms with E-state index in [4.69, 9.17) is 0 Å². The zero-order valence-electron chi connectivity index (χ0n) is 17.2. The third-order valence-corrected chi connectivity index (χ3v) is 6.49.